The van der Waals surface area contributed by atoms with Crippen molar-refractivity contribution >= 4 is 11.6 Å². The molecule has 4 fully saturated rings. The molecule has 31 heavy (non-hydrogen) atoms. The van der Waals surface area contributed by atoms with Crippen LogP contribution in [-0.2, 0) is 0 Å². The molecule has 4 saturated carbocycles. The van der Waals surface area contributed by atoms with Gasteiger partial charge in [0.1, 0.15) is 0 Å². The maximum atomic E-state index is 5.95. The van der Waals surface area contributed by atoms with Crippen LogP contribution in [0.5, 0.6) is 0 Å². The number of alkyl halides is 1. The lowest BCUT2D eigenvalue weighted by molar-refractivity contribution is -0.117. The van der Waals surface area contributed by atoms with Gasteiger partial charge in [0.05, 0.1) is 0 Å². The number of rotatable bonds is 8. The second kappa shape index (κ2) is 9.85. The van der Waals surface area contributed by atoms with Gasteiger partial charge in [-0.2, -0.15) is 0 Å². The highest BCUT2D eigenvalue weighted by atomic mass is 35.5. The van der Waals surface area contributed by atoms with E-state index in [0.717, 1.165) is 59.9 Å². The van der Waals surface area contributed by atoms with Gasteiger partial charge in [0, 0.05) is 18.5 Å². The van der Waals surface area contributed by atoms with Gasteiger partial charge in [-0.3, -0.25) is 0 Å². The van der Waals surface area contributed by atoms with E-state index >= 15 is 0 Å². The maximum absolute atomic E-state index is 5.95. The number of hydrogen-bond acceptors (Lipinski definition) is 1. The third-order valence-corrected chi connectivity index (χ3v) is 11.6. The number of nitrogens with one attached hydrogen (secondary N) is 1. The van der Waals surface area contributed by atoms with Crippen LogP contribution < -0.4 is 5.32 Å². The van der Waals surface area contributed by atoms with Gasteiger partial charge in [-0.05, 0) is 110 Å². The van der Waals surface area contributed by atoms with Crippen LogP contribution in [0.25, 0.3) is 0 Å². The molecule has 2 heteroatoms. The molecule has 9 atom stereocenters. The maximum Gasteiger partial charge on any atom is 0.0348 e. The fourth-order valence-corrected chi connectivity index (χ4v) is 9.84. The highest BCUT2D eigenvalue weighted by Gasteiger charge is 2.60. The normalized spacial score (nSPS) is 45.8. The van der Waals surface area contributed by atoms with Crippen molar-refractivity contribution in [2.45, 2.75) is 118 Å². The predicted octanol–water partition coefficient (Wildman–Crippen LogP) is 8.30. The Bertz CT molecular complexity index is 589. The third kappa shape index (κ3) is 4.62. The molecule has 0 heterocycles. The van der Waals surface area contributed by atoms with Crippen LogP contribution in [0.3, 0.4) is 0 Å². The lowest BCUT2D eigenvalue weighted by atomic mass is 9.44. The second-order valence-corrected chi connectivity index (χ2v) is 13.7. The van der Waals surface area contributed by atoms with Gasteiger partial charge < -0.3 is 5.32 Å². The molecular weight excluding hydrogens is 398 g/mol. The first kappa shape index (κ1) is 24.4. The standard InChI is InChI=1S/C29H52ClN/c1-20(2)7-6-8-21(3)25-11-12-26-24-10-9-22-19-23(31-18-17-30)13-15-28(22,4)27(24)14-16-29(25,26)5/h20-27,31H,6-19H2,1-5H3/t21-,22-,23+,24+,25-,26+,27+,28+,29-/m1/s1. The molecule has 0 aromatic carbocycles. The average molecular weight is 450 g/mol. The number of halogens is 1. The summed E-state index contributed by atoms with van der Waals surface area (Å²) in [6.45, 7) is 13.8. The van der Waals surface area contributed by atoms with Crippen LogP contribution in [0.1, 0.15) is 112 Å². The minimum atomic E-state index is 0.615. The zero-order valence-electron chi connectivity index (χ0n) is 21.4. The van der Waals surface area contributed by atoms with Gasteiger partial charge in [0.25, 0.3) is 0 Å². The Labute approximate surface area is 199 Å². The van der Waals surface area contributed by atoms with Crippen molar-refractivity contribution < 1.29 is 0 Å². The van der Waals surface area contributed by atoms with Gasteiger partial charge in [0.2, 0.25) is 0 Å². The van der Waals surface area contributed by atoms with E-state index in [1.54, 1.807) is 0 Å². The van der Waals surface area contributed by atoms with E-state index in [2.05, 4.69) is 39.9 Å². The Kier molecular flexibility index (Phi) is 7.75. The van der Waals surface area contributed by atoms with Crippen molar-refractivity contribution in [1.29, 1.82) is 0 Å². The van der Waals surface area contributed by atoms with Crippen LogP contribution in [-0.4, -0.2) is 18.5 Å². The molecule has 1 N–H and O–H groups in total. The lowest BCUT2D eigenvalue weighted by Crippen LogP contribution is -2.55. The molecule has 4 rings (SSSR count). The Hall–Kier alpha value is 0.250. The average Bonchev–Trinajstić information content (AvgIpc) is 3.09. The molecule has 0 aliphatic heterocycles. The van der Waals surface area contributed by atoms with Gasteiger partial charge in [-0.1, -0.05) is 53.9 Å². The molecule has 0 amide bonds. The second-order valence-electron chi connectivity index (χ2n) is 13.3. The molecular formula is C29H52ClN. The molecule has 0 saturated heterocycles. The largest absolute Gasteiger partial charge is 0.313 e. The molecule has 0 unspecified atom stereocenters. The van der Waals surface area contributed by atoms with Crippen LogP contribution in [0.4, 0.5) is 0 Å². The van der Waals surface area contributed by atoms with E-state index in [0.29, 0.717) is 10.8 Å². The van der Waals surface area contributed by atoms with Gasteiger partial charge >= 0.3 is 0 Å². The van der Waals surface area contributed by atoms with E-state index in [9.17, 15) is 0 Å². The molecule has 180 valence electrons. The van der Waals surface area contributed by atoms with Gasteiger partial charge in [-0.25, -0.2) is 0 Å². The summed E-state index contributed by atoms with van der Waals surface area (Å²) in [5, 5.41) is 3.75. The van der Waals surface area contributed by atoms with Crippen molar-refractivity contribution in [3.8, 4) is 0 Å². The summed E-state index contributed by atoms with van der Waals surface area (Å²) in [4.78, 5) is 0. The minimum absolute atomic E-state index is 0.615. The Morgan fingerprint density at radius 3 is 2.35 bits per heavy atom. The first-order valence-electron chi connectivity index (χ1n) is 14.1. The Morgan fingerprint density at radius 2 is 1.61 bits per heavy atom. The topological polar surface area (TPSA) is 12.0 Å². The van der Waals surface area contributed by atoms with E-state index in [1.807, 2.05) is 0 Å². The molecule has 0 spiro atoms. The highest BCUT2D eigenvalue weighted by Crippen LogP contribution is 2.68. The molecule has 0 radical (unpaired) electrons. The number of fused-ring (bicyclic) bond motifs is 5. The summed E-state index contributed by atoms with van der Waals surface area (Å²) < 4.78 is 0. The lowest BCUT2D eigenvalue weighted by Gasteiger charge is -2.61. The Balaban J connectivity index is 1.41. The van der Waals surface area contributed by atoms with E-state index < -0.39 is 0 Å². The monoisotopic (exact) mass is 449 g/mol. The minimum Gasteiger partial charge on any atom is -0.313 e. The molecule has 4 aliphatic carbocycles. The first-order valence-corrected chi connectivity index (χ1v) is 14.6. The fourth-order valence-electron chi connectivity index (χ4n) is 9.73. The summed E-state index contributed by atoms with van der Waals surface area (Å²) in [6.07, 6.45) is 17.7. The highest BCUT2D eigenvalue weighted by molar-refractivity contribution is 6.18. The zero-order chi connectivity index (χ0) is 22.2. The summed E-state index contributed by atoms with van der Waals surface area (Å²) in [5.41, 5.74) is 1.26. The fraction of sp³-hybridized carbons (Fsp3) is 1.00. The summed E-state index contributed by atoms with van der Waals surface area (Å²) in [6, 6.07) is 0.727. The molecule has 0 aromatic heterocycles. The van der Waals surface area contributed by atoms with Crippen molar-refractivity contribution in [3.05, 3.63) is 0 Å². The zero-order valence-corrected chi connectivity index (χ0v) is 22.2. The molecule has 4 aliphatic rings. The summed E-state index contributed by atoms with van der Waals surface area (Å²) in [5.74, 6) is 7.55. The van der Waals surface area contributed by atoms with Crippen LogP contribution in [0.15, 0.2) is 0 Å². The molecule has 0 bridgehead atoms. The smallest absolute Gasteiger partial charge is 0.0348 e. The predicted molar refractivity (Wildman–Crippen MR) is 136 cm³/mol. The van der Waals surface area contributed by atoms with Crippen molar-refractivity contribution in [2.75, 3.05) is 12.4 Å². The van der Waals surface area contributed by atoms with E-state index in [4.69, 9.17) is 11.6 Å². The SMILES string of the molecule is CC(C)CCC[C@@H](C)[C@H]1CC[C@H]2[C@@H]3CC[C@@H]4C[C@@H](NCCCl)CC[C@]4(C)[C@H]3CC[C@]12C. The van der Waals surface area contributed by atoms with Gasteiger partial charge in [-0.15, -0.1) is 11.6 Å². The first-order chi connectivity index (χ1) is 14.8. The van der Waals surface area contributed by atoms with Crippen LogP contribution in [0, 0.1) is 52.3 Å². The van der Waals surface area contributed by atoms with E-state index in [1.165, 1.54) is 77.0 Å². The van der Waals surface area contributed by atoms with Crippen LogP contribution in [0.2, 0.25) is 0 Å². The van der Waals surface area contributed by atoms with E-state index in [-0.39, 0.29) is 0 Å². The quantitative estimate of drug-likeness (QED) is 0.367. The molecule has 0 aromatic rings. The van der Waals surface area contributed by atoms with Crippen molar-refractivity contribution in [1.82, 2.24) is 5.32 Å². The summed E-state index contributed by atoms with van der Waals surface area (Å²) in [7, 11) is 0. The summed E-state index contributed by atoms with van der Waals surface area (Å²) >= 11 is 5.95. The third-order valence-electron chi connectivity index (χ3n) is 11.4. The van der Waals surface area contributed by atoms with Crippen molar-refractivity contribution in [3.63, 3.8) is 0 Å². The molecule has 1 nitrogen and oxygen atoms in total. The van der Waals surface area contributed by atoms with Gasteiger partial charge in [0.15, 0.2) is 0 Å². The van der Waals surface area contributed by atoms with Crippen molar-refractivity contribution in [2.24, 2.45) is 52.3 Å². The van der Waals surface area contributed by atoms with Crippen LogP contribution >= 0.6 is 11.6 Å². The Morgan fingerprint density at radius 1 is 0.871 bits per heavy atom. The number of hydrogen-bond donors (Lipinski definition) is 1.